The highest BCUT2D eigenvalue weighted by molar-refractivity contribution is 8.00. The molecule has 0 N–H and O–H groups in total. The summed E-state index contributed by atoms with van der Waals surface area (Å²) in [5.41, 5.74) is 1.76. The molecule has 0 spiro atoms. The molecule has 0 radical (unpaired) electrons. The molecular weight excluding hydrogens is 364 g/mol. The molecule has 6 nitrogen and oxygen atoms in total. The van der Waals surface area contributed by atoms with Gasteiger partial charge in [-0.3, -0.25) is 9.59 Å². The van der Waals surface area contributed by atoms with Gasteiger partial charge in [0.1, 0.15) is 19.8 Å². The summed E-state index contributed by atoms with van der Waals surface area (Å²) in [6, 6.07) is 13.4. The van der Waals surface area contributed by atoms with E-state index >= 15 is 0 Å². The minimum atomic E-state index is -0.111. The van der Waals surface area contributed by atoms with E-state index in [1.165, 1.54) is 11.8 Å². The number of carbonyl (C=O) groups excluding carboxylic acids is 2. The summed E-state index contributed by atoms with van der Waals surface area (Å²) >= 11 is 1.51. The van der Waals surface area contributed by atoms with Crippen LogP contribution in [0.5, 0.6) is 11.5 Å². The molecule has 2 aliphatic heterocycles. The number of ether oxygens (including phenoxy) is 2. The van der Waals surface area contributed by atoms with E-state index in [0.717, 1.165) is 21.9 Å². The molecule has 2 amide bonds. The Balaban J connectivity index is 1.45. The summed E-state index contributed by atoms with van der Waals surface area (Å²) in [6.07, 6.45) is 0. The van der Waals surface area contributed by atoms with Crippen molar-refractivity contribution < 1.29 is 19.1 Å². The molecule has 0 fully saturated rings. The molecule has 2 heterocycles. The number of amides is 2. The quantitative estimate of drug-likeness (QED) is 0.811. The van der Waals surface area contributed by atoms with E-state index in [4.69, 9.17) is 9.47 Å². The summed E-state index contributed by atoms with van der Waals surface area (Å²) < 4.78 is 11.1. The van der Waals surface area contributed by atoms with Crippen LogP contribution in [0.4, 0.5) is 5.69 Å². The zero-order valence-electron chi connectivity index (χ0n) is 15.0. The van der Waals surface area contributed by atoms with E-state index in [1.807, 2.05) is 42.5 Å². The number of para-hydroxylation sites is 1. The average molecular weight is 384 g/mol. The van der Waals surface area contributed by atoms with Crippen LogP contribution in [-0.2, 0) is 16.1 Å². The minimum Gasteiger partial charge on any atom is -0.486 e. The Hall–Kier alpha value is -2.67. The number of fused-ring (bicyclic) bond motifs is 2. The first-order valence-electron chi connectivity index (χ1n) is 8.76. The highest BCUT2D eigenvalue weighted by atomic mass is 32.2. The second kappa shape index (κ2) is 7.52. The zero-order chi connectivity index (χ0) is 18.8. The predicted octanol–water partition coefficient (Wildman–Crippen LogP) is 2.56. The fourth-order valence-electron chi connectivity index (χ4n) is 3.13. The van der Waals surface area contributed by atoms with E-state index < -0.39 is 0 Å². The number of benzene rings is 2. The second-order valence-corrected chi connectivity index (χ2v) is 7.48. The Bertz CT molecular complexity index is 886. The lowest BCUT2D eigenvalue weighted by Gasteiger charge is -2.30. The van der Waals surface area contributed by atoms with Gasteiger partial charge in [-0.15, -0.1) is 11.8 Å². The fraction of sp³-hybridized carbons (Fsp3) is 0.300. The van der Waals surface area contributed by atoms with Gasteiger partial charge >= 0.3 is 0 Å². The number of hydrogen-bond acceptors (Lipinski definition) is 5. The smallest absolute Gasteiger partial charge is 0.242 e. The SMILES string of the molecule is CN(Cc1ccc2c(c1)OCCO2)C(=O)CN1C(=O)CSc2ccccc21. The molecule has 0 bridgehead atoms. The summed E-state index contributed by atoms with van der Waals surface area (Å²) in [6.45, 7) is 1.55. The molecule has 0 atom stereocenters. The van der Waals surface area contributed by atoms with Crippen molar-refractivity contribution in [1.29, 1.82) is 0 Å². The molecule has 0 saturated carbocycles. The van der Waals surface area contributed by atoms with Gasteiger partial charge in [0.15, 0.2) is 11.5 Å². The van der Waals surface area contributed by atoms with Crippen LogP contribution in [0.15, 0.2) is 47.4 Å². The monoisotopic (exact) mass is 384 g/mol. The van der Waals surface area contributed by atoms with Crippen molar-refractivity contribution in [2.75, 3.05) is 37.5 Å². The van der Waals surface area contributed by atoms with Crippen molar-refractivity contribution in [1.82, 2.24) is 4.90 Å². The Labute approximate surface area is 162 Å². The van der Waals surface area contributed by atoms with Gasteiger partial charge in [-0.05, 0) is 29.8 Å². The van der Waals surface area contributed by atoms with Crippen molar-refractivity contribution in [2.45, 2.75) is 11.4 Å². The van der Waals surface area contributed by atoms with E-state index in [2.05, 4.69) is 0 Å². The van der Waals surface area contributed by atoms with Crippen LogP contribution in [0.1, 0.15) is 5.56 Å². The maximum absolute atomic E-state index is 12.7. The summed E-state index contributed by atoms with van der Waals surface area (Å²) in [5.74, 6) is 1.64. The molecule has 0 aliphatic carbocycles. The van der Waals surface area contributed by atoms with Crippen LogP contribution in [0.2, 0.25) is 0 Å². The Morgan fingerprint density at radius 2 is 1.93 bits per heavy atom. The van der Waals surface area contributed by atoms with Crippen LogP contribution >= 0.6 is 11.8 Å². The number of hydrogen-bond donors (Lipinski definition) is 0. The number of anilines is 1. The van der Waals surface area contributed by atoms with Gasteiger partial charge in [0.25, 0.3) is 0 Å². The molecule has 0 aromatic heterocycles. The fourth-order valence-corrected chi connectivity index (χ4v) is 4.07. The van der Waals surface area contributed by atoms with E-state index in [1.54, 1.807) is 16.8 Å². The minimum absolute atomic E-state index is 0.0391. The maximum atomic E-state index is 12.7. The summed E-state index contributed by atoms with van der Waals surface area (Å²) in [7, 11) is 1.74. The second-order valence-electron chi connectivity index (χ2n) is 6.46. The van der Waals surface area contributed by atoms with Crippen LogP contribution in [0.25, 0.3) is 0 Å². The summed E-state index contributed by atoms with van der Waals surface area (Å²) in [5, 5.41) is 0. The largest absolute Gasteiger partial charge is 0.486 e. The van der Waals surface area contributed by atoms with Gasteiger partial charge in [0, 0.05) is 18.5 Å². The lowest BCUT2D eigenvalue weighted by Crippen LogP contribution is -2.43. The van der Waals surface area contributed by atoms with Crippen LogP contribution in [0.3, 0.4) is 0 Å². The summed E-state index contributed by atoms with van der Waals surface area (Å²) in [4.78, 5) is 29.3. The van der Waals surface area contributed by atoms with Gasteiger partial charge in [-0.2, -0.15) is 0 Å². The third kappa shape index (κ3) is 3.73. The molecule has 27 heavy (non-hydrogen) atoms. The maximum Gasteiger partial charge on any atom is 0.242 e. The van der Waals surface area contributed by atoms with E-state index in [9.17, 15) is 9.59 Å². The lowest BCUT2D eigenvalue weighted by atomic mass is 10.2. The Kier molecular flexibility index (Phi) is 4.94. The molecule has 0 saturated heterocycles. The first-order valence-corrected chi connectivity index (χ1v) is 9.75. The third-order valence-electron chi connectivity index (χ3n) is 4.55. The van der Waals surface area contributed by atoms with Gasteiger partial charge < -0.3 is 19.3 Å². The molecule has 140 valence electrons. The molecular formula is C20H20N2O4S. The predicted molar refractivity (Wildman–Crippen MR) is 103 cm³/mol. The van der Waals surface area contributed by atoms with Gasteiger partial charge in [-0.1, -0.05) is 18.2 Å². The third-order valence-corrected chi connectivity index (χ3v) is 5.60. The van der Waals surface area contributed by atoms with Crippen molar-refractivity contribution in [3.8, 4) is 11.5 Å². The molecule has 4 rings (SSSR count). The molecule has 2 aromatic rings. The number of rotatable bonds is 4. The van der Waals surface area contributed by atoms with Crippen molar-refractivity contribution >= 4 is 29.3 Å². The number of carbonyl (C=O) groups is 2. The number of nitrogens with zero attached hydrogens (tertiary/aromatic N) is 2. The van der Waals surface area contributed by atoms with Crippen molar-refractivity contribution in [3.05, 3.63) is 48.0 Å². The van der Waals surface area contributed by atoms with E-state index in [0.29, 0.717) is 31.3 Å². The highest BCUT2D eigenvalue weighted by Crippen LogP contribution is 2.35. The molecule has 0 unspecified atom stereocenters. The Morgan fingerprint density at radius 3 is 2.78 bits per heavy atom. The first kappa shape index (κ1) is 17.7. The van der Waals surface area contributed by atoms with Crippen molar-refractivity contribution in [3.63, 3.8) is 0 Å². The van der Waals surface area contributed by atoms with Crippen LogP contribution in [0, 0.1) is 0 Å². The van der Waals surface area contributed by atoms with Gasteiger partial charge in [0.2, 0.25) is 11.8 Å². The Morgan fingerprint density at radius 1 is 1.15 bits per heavy atom. The normalized spacial score (nSPS) is 15.3. The molecule has 2 aliphatic rings. The molecule has 2 aromatic carbocycles. The zero-order valence-corrected chi connectivity index (χ0v) is 15.8. The van der Waals surface area contributed by atoms with Gasteiger partial charge in [-0.25, -0.2) is 0 Å². The first-order chi connectivity index (χ1) is 13.1. The topological polar surface area (TPSA) is 59.1 Å². The van der Waals surface area contributed by atoms with Crippen molar-refractivity contribution in [2.24, 2.45) is 0 Å². The van der Waals surface area contributed by atoms with Gasteiger partial charge in [0.05, 0.1) is 11.4 Å². The number of likely N-dealkylation sites (N-methyl/N-ethyl adjacent to an activating group) is 1. The lowest BCUT2D eigenvalue weighted by molar-refractivity contribution is -0.130. The highest BCUT2D eigenvalue weighted by Gasteiger charge is 2.27. The van der Waals surface area contributed by atoms with Crippen LogP contribution < -0.4 is 14.4 Å². The van der Waals surface area contributed by atoms with E-state index in [-0.39, 0.29) is 18.4 Å². The standard InChI is InChI=1S/C20H20N2O4S/c1-21(11-14-6-7-16-17(10-14)26-9-8-25-16)19(23)12-22-15-4-2-3-5-18(15)27-13-20(22)24/h2-7,10H,8-9,11-13H2,1H3. The molecule has 7 heteroatoms. The number of thioether (sulfide) groups is 1. The van der Waals surface area contributed by atoms with Crippen LogP contribution in [-0.4, -0.2) is 49.3 Å². The average Bonchev–Trinajstić information content (AvgIpc) is 2.70.